The van der Waals surface area contributed by atoms with Crippen LogP contribution in [0.5, 0.6) is 0 Å². The van der Waals surface area contributed by atoms with Gasteiger partial charge in [0, 0.05) is 12.6 Å². The van der Waals surface area contributed by atoms with Crippen LogP contribution in [0.2, 0.25) is 0 Å². The molecule has 2 aromatic carbocycles. The van der Waals surface area contributed by atoms with Crippen LogP contribution < -0.4 is 5.32 Å². The van der Waals surface area contributed by atoms with Crippen LogP contribution in [0.25, 0.3) is 0 Å². The van der Waals surface area contributed by atoms with Gasteiger partial charge in [-0.25, -0.2) is 0 Å². The van der Waals surface area contributed by atoms with Crippen molar-refractivity contribution in [2.24, 2.45) is 0 Å². The van der Waals surface area contributed by atoms with Crippen LogP contribution in [0.3, 0.4) is 0 Å². The zero-order chi connectivity index (χ0) is 21.6. The normalized spacial score (nSPS) is 12.9. The van der Waals surface area contributed by atoms with Crippen molar-refractivity contribution in [1.29, 1.82) is 0 Å². The lowest BCUT2D eigenvalue weighted by atomic mass is 10.0. The molecule has 156 valence electrons. The maximum atomic E-state index is 13.3. The Bertz CT molecular complexity index is 842. The van der Waals surface area contributed by atoms with Gasteiger partial charge in [-0.05, 0) is 57.7 Å². The van der Waals surface area contributed by atoms with Crippen molar-refractivity contribution in [3.8, 4) is 0 Å². The van der Waals surface area contributed by atoms with Gasteiger partial charge in [0.15, 0.2) is 0 Å². The third-order valence-electron chi connectivity index (χ3n) is 5.49. The van der Waals surface area contributed by atoms with Crippen LogP contribution in [-0.4, -0.2) is 28.8 Å². The molecule has 0 aliphatic carbocycles. The summed E-state index contributed by atoms with van der Waals surface area (Å²) in [5.41, 5.74) is 5.43. The molecule has 0 spiro atoms. The highest BCUT2D eigenvalue weighted by atomic mass is 16.2. The molecule has 0 saturated heterocycles. The number of amides is 2. The van der Waals surface area contributed by atoms with Crippen molar-refractivity contribution in [2.75, 3.05) is 0 Å². The smallest absolute Gasteiger partial charge is 0.242 e. The van der Waals surface area contributed by atoms with Crippen LogP contribution >= 0.6 is 0 Å². The Morgan fingerprint density at radius 1 is 0.966 bits per heavy atom. The van der Waals surface area contributed by atoms with Crippen LogP contribution in [0.15, 0.2) is 42.5 Å². The van der Waals surface area contributed by atoms with Gasteiger partial charge in [0.25, 0.3) is 0 Å². The predicted octanol–water partition coefficient (Wildman–Crippen LogP) is 4.49. The summed E-state index contributed by atoms with van der Waals surface area (Å²) in [7, 11) is 0. The van der Waals surface area contributed by atoms with E-state index < -0.39 is 6.04 Å². The lowest BCUT2D eigenvalue weighted by molar-refractivity contribution is -0.140. The second-order valence-corrected chi connectivity index (χ2v) is 8.11. The second kappa shape index (κ2) is 10.2. The van der Waals surface area contributed by atoms with Crippen LogP contribution in [0.1, 0.15) is 55.0 Å². The van der Waals surface area contributed by atoms with Gasteiger partial charge in [-0.3, -0.25) is 9.59 Å². The molecule has 0 saturated carbocycles. The molecule has 2 rings (SSSR count). The molecule has 2 aromatic rings. The van der Waals surface area contributed by atoms with E-state index in [1.807, 2.05) is 71.9 Å². The Morgan fingerprint density at radius 3 is 2.21 bits per heavy atom. The number of carbonyl (C=O) groups is 2. The molecular formula is C25H34N2O2. The summed E-state index contributed by atoms with van der Waals surface area (Å²) in [6.45, 7) is 12.3. The van der Waals surface area contributed by atoms with Crippen molar-refractivity contribution in [2.45, 2.75) is 73.0 Å². The van der Waals surface area contributed by atoms with Crippen molar-refractivity contribution in [3.05, 3.63) is 70.3 Å². The lowest BCUT2D eigenvalue weighted by Crippen LogP contribution is -2.49. The third-order valence-corrected chi connectivity index (χ3v) is 5.49. The highest BCUT2D eigenvalue weighted by molar-refractivity contribution is 5.88. The summed E-state index contributed by atoms with van der Waals surface area (Å²) in [6, 6.07) is 13.8. The van der Waals surface area contributed by atoms with Crippen molar-refractivity contribution < 1.29 is 9.59 Å². The number of benzene rings is 2. The Kier molecular flexibility index (Phi) is 8.00. The monoisotopic (exact) mass is 394 g/mol. The first-order valence-electron chi connectivity index (χ1n) is 10.4. The molecule has 2 atom stereocenters. The van der Waals surface area contributed by atoms with E-state index >= 15 is 0 Å². The van der Waals surface area contributed by atoms with Gasteiger partial charge >= 0.3 is 0 Å². The summed E-state index contributed by atoms with van der Waals surface area (Å²) in [4.78, 5) is 27.8. The summed E-state index contributed by atoms with van der Waals surface area (Å²) in [6.07, 6.45) is 1.15. The van der Waals surface area contributed by atoms with E-state index in [-0.39, 0.29) is 17.9 Å². The summed E-state index contributed by atoms with van der Waals surface area (Å²) < 4.78 is 0. The highest BCUT2D eigenvalue weighted by Crippen LogP contribution is 2.16. The van der Waals surface area contributed by atoms with Crippen molar-refractivity contribution >= 4 is 11.8 Å². The number of carbonyl (C=O) groups excluding carboxylic acids is 2. The minimum absolute atomic E-state index is 0.0360. The van der Waals surface area contributed by atoms with E-state index in [0.29, 0.717) is 13.0 Å². The van der Waals surface area contributed by atoms with Crippen LogP contribution in [0.4, 0.5) is 0 Å². The van der Waals surface area contributed by atoms with E-state index in [9.17, 15) is 9.59 Å². The third kappa shape index (κ3) is 6.45. The van der Waals surface area contributed by atoms with E-state index in [1.165, 1.54) is 5.56 Å². The van der Waals surface area contributed by atoms with Gasteiger partial charge in [0.1, 0.15) is 6.04 Å². The summed E-state index contributed by atoms with van der Waals surface area (Å²) in [5, 5.41) is 3.01. The zero-order valence-electron chi connectivity index (χ0n) is 18.6. The number of hydrogen-bond acceptors (Lipinski definition) is 2. The predicted molar refractivity (Wildman–Crippen MR) is 119 cm³/mol. The molecular weight excluding hydrogens is 360 g/mol. The molecule has 2 amide bonds. The first kappa shape index (κ1) is 22.7. The highest BCUT2D eigenvalue weighted by Gasteiger charge is 2.27. The summed E-state index contributed by atoms with van der Waals surface area (Å²) >= 11 is 0. The standard InChI is InChI=1S/C25H34N2O2/c1-7-20(5)26-25(29)21(6)27(16-22-12-9-17(2)10-13-22)24(28)15-23-14-18(3)8-11-19(23)4/h8-14,20-21H,7,15-16H2,1-6H3,(H,26,29)/t20-,21+/m0/s1. The lowest BCUT2D eigenvalue weighted by Gasteiger charge is -2.30. The largest absolute Gasteiger partial charge is 0.352 e. The molecule has 0 aromatic heterocycles. The first-order valence-corrected chi connectivity index (χ1v) is 10.4. The fraction of sp³-hybridized carbons (Fsp3) is 0.440. The van der Waals surface area contributed by atoms with E-state index in [4.69, 9.17) is 0 Å². The number of nitrogens with zero attached hydrogens (tertiary/aromatic N) is 1. The van der Waals surface area contributed by atoms with Gasteiger partial charge in [-0.1, -0.05) is 60.5 Å². The molecule has 0 radical (unpaired) electrons. The minimum atomic E-state index is -0.539. The van der Waals surface area contributed by atoms with Crippen LogP contribution in [0, 0.1) is 20.8 Å². The Balaban J connectivity index is 2.26. The molecule has 0 heterocycles. The minimum Gasteiger partial charge on any atom is -0.352 e. The van der Waals surface area contributed by atoms with Gasteiger partial charge in [0.05, 0.1) is 6.42 Å². The molecule has 0 bridgehead atoms. The van der Waals surface area contributed by atoms with E-state index in [1.54, 1.807) is 4.90 Å². The molecule has 0 unspecified atom stereocenters. The average molecular weight is 395 g/mol. The number of rotatable bonds is 8. The quantitative estimate of drug-likeness (QED) is 0.717. The van der Waals surface area contributed by atoms with Gasteiger partial charge in [0.2, 0.25) is 11.8 Å². The Labute approximate surface area is 175 Å². The number of hydrogen-bond donors (Lipinski definition) is 1. The molecule has 0 aliphatic rings. The zero-order valence-corrected chi connectivity index (χ0v) is 18.6. The maximum Gasteiger partial charge on any atom is 0.242 e. The molecule has 0 fully saturated rings. The van der Waals surface area contributed by atoms with Gasteiger partial charge < -0.3 is 10.2 Å². The van der Waals surface area contributed by atoms with Gasteiger partial charge in [-0.15, -0.1) is 0 Å². The average Bonchev–Trinajstić information content (AvgIpc) is 2.69. The number of nitrogens with one attached hydrogen (secondary N) is 1. The molecule has 29 heavy (non-hydrogen) atoms. The first-order chi connectivity index (χ1) is 13.7. The molecule has 1 N–H and O–H groups in total. The second-order valence-electron chi connectivity index (χ2n) is 8.11. The van der Waals surface area contributed by atoms with Crippen molar-refractivity contribution in [1.82, 2.24) is 10.2 Å². The fourth-order valence-electron chi connectivity index (χ4n) is 3.19. The molecule has 4 nitrogen and oxygen atoms in total. The fourth-order valence-corrected chi connectivity index (χ4v) is 3.19. The molecule has 0 aliphatic heterocycles. The van der Waals surface area contributed by atoms with E-state index in [2.05, 4.69) is 17.4 Å². The topological polar surface area (TPSA) is 49.4 Å². The van der Waals surface area contributed by atoms with Crippen LogP contribution in [-0.2, 0) is 22.6 Å². The van der Waals surface area contributed by atoms with E-state index in [0.717, 1.165) is 28.7 Å². The maximum absolute atomic E-state index is 13.3. The molecule has 4 heteroatoms. The number of aryl methyl sites for hydroxylation is 3. The Morgan fingerprint density at radius 2 is 1.59 bits per heavy atom. The summed E-state index contributed by atoms with van der Waals surface area (Å²) in [5.74, 6) is -0.146. The Hall–Kier alpha value is -2.62. The van der Waals surface area contributed by atoms with Crippen molar-refractivity contribution in [3.63, 3.8) is 0 Å². The SMILES string of the molecule is CC[C@H](C)NC(=O)[C@@H](C)N(Cc1ccc(C)cc1)C(=O)Cc1cc(C)ccc1C. The van der Waals surface area contributed by atoms with Gasteiger partial charge in [-0.2, -0.15) is 0 Å².